The first-order valence-corrected chi connectivity index (χ1v) is 5.04. The standard InChI is InChI=1S/C7H6N2O4S/c8-7-9-5-3-4(14(10,11)12)1-2-6(5)13-7/h1-3H,(H2,8,9)(H,10,11,12). The molecule has 0 aliphatic rings. The number of rotatable bonds is 1. The molecule has 0 bridgehead atoms. The van der Waals surface area contributed by atoms with Crippen molar-refractivity contribution in [1.29, 1.82) is 0 Å². The van der Waals surface area contributed by atoms with E-state index in [2.05, 4.69) is 4.98 Å². The van der Waals surface area contributed by atoms with Gasteiger partial charge in [0, 0.05) is 0 Å². The predicted octanol–water partition coefficient (Wildman–Crippen LogP) is 0.657. The molecule has 0 radical (unpaired) electrons. The van der Waals surface area contributed by atoms with Crippen LogP contribution in [0.4, 0.5) is 6.01 Å². The summed E-state index contributed by atoms with van der Waals surface area (Å²) in [6.07, 6.45) is 0. The van der Waals surface area contributed by atoms with Gasteiger partial charge in [0.25, 0.3) is 16.1 Å². The molecule has 0 aliphatic heterocycles. The predicted molar refractivity (Wildman–Crippen MR) is 48.2 cm³/mol. The van der Waals surface area contributed by atoms with Crippen molar-refractivity contribution in [3.05, 3.63) is 18.2 Å². The van der Waals surface area contributed by atoms with Crippen LogP contribution in [0.5, 0.6) is 0 Å². The SMILES string of the molecule is Nc1nc2cc(S(=O)(=O)O)ccc2o1. The number of fused-ring (bicyclic) bond motifs is 1. The van der Waals surface area contributed by atoms with Gasteiger partial charge in [0.1, 0.15) is 5.52 Å². The maximum atomic E-state index is 10.7. The summed E-state index contributed by atoms with van der Waals surface area (Å²) in [6, 6.07) is 3.72. The number of nitrogens with two attached hydrogens (primary N) is 1. The lowest BCUT2D eigenvalue weighted by atomic mass is 10.3. The Morgan fingerprint density at radius 3 is 2.79 bits per heavy atom. The Balaban J connectivity index is 2.74. The first-order valence-electron chi connectivity index (χ1n) is 3.60. The second kappa shape index (κ2) is 2.69. The van der Waals surface area contributed by atoms with E-state index in [4.69, 9.17) is 14.7 Å². The summed E-state index contributed by atoms with van der Waals surface area (Å²) in [5.41, 5.74) is 5.92. The molecule has 1 aromatic carbocycles. The van der Waals surface area contributed by atoms with E-state index in [9.17, 15) is 8.42 Å². The van der Waals surface area contributed by atoms with Gasteiger partial charge in [-0.3, -0.25) is 4.55 Å². The van der Waals surface area contributed by atoms with E-state index >= 15 is 0 Å². The van der Waals surface area contributed by atoms with Crippen LogP contribution in [0.1, 0.15) is 0 Å². The topological polar surface area (TPSA) is 106 Å². The minimum absolute atomic E-state index is 0.0486. The molecule has 2 aromatic rings. The van der Waals surface area contributed by atoms with Crippen LogP contribution in [0.15, 0.2) is 27.5 Å². The Labute approximate surface area is 79.1 Å². The van der Waals surface area contributed by atoms with Crippen LogP contribution in [0, 0.1) is 0 Å². The number of nitrogens with zero attached hydrogens (tertiary/aromatic N) is 1. The smallest absolute Gasteiger partial charge is 0.294 e. The van der Waals surface area contributed by atoms with Gasteiger partial charge in [0.2, 0.25) is 0 Å². The molecule has 74 valence electrons. The van der Waals surface area contributed by atoms with Crippen LogP contribution in [-0.4, -0.2) is 18.0 Å². The highest BCUT2D eigenvalue weighted by Crippen LogP contribution is 2.20. The third-order valence-corrected chi connectivity index (χ3v) is 2.52. The number of oxazole rings is 1. The molecule has 0 fully saturated rings. The van der Waals surface area contributed by atoms with Crippen LogP contribution in [0.2, 0.25) is 0 Å². The average molecular weight is 214 g/mol. The molecule has 2 rings (SSSR count). The Bertz CT molecular complexity index is 587. The van der Waals surface area contributed by atoms with E-state index in [0.717, 1.165) is 0 Å². The molecule has 0 aliphatic carbocycles. The monoisotopic (exact) mass is 214 g/mol. The highest BCUT2D eigenvalue weighted by molar-refractivity contribution is 7.85. The molecular formula is C7H6N2O4S. The molecule has 0 amide bonds. The fraction of sp³-hybridized carbons (Fsp3) is 0. The Morgan fingerprint density at radius 1 is 1.43 bits per heavy atom. The maximum absolute atomic E-state index is 10.7. The van der Waals surface area contributed by atoms with Gasteiger partial charge in [0.15, 0.2) is 5.58 Å². The zero-order valence-electron chi connectivity index (χ0n) is 6.84. The molecule has 0 saturated heterocycles. The Kier molecular flexibility index (Phi) is 1.73. The van der Waals surface area contributed by atoms with E-state index in [1.165, 1.54) is 18.2 Å². The summed E-state index contributed by atoms with van der Waals surface area (Å²) >= 11 is 0. The summed E-state index contributed by atoms with van der Waals surface area (Å²) in [4.78, 5) is 3.49. The average Bonchev–Trinajstić information content (AvgIpc) is 2.41. The van der Waals surface area contributed by atoms with Crippen LogP contribution in [-0.2, 0) is 10.1 Å². The fourth-order valence-corrected chi connectivity index (χ4v) is 1.59. The molecule has 0 spiro atoms. The van der Waals surface area contributed by atoms with E-state index < -0.39 is 10.1 Å². The number of hydrogen-bond acceptors (Lipinski definition) is 5. The summed E-state index contributed by atoms with van der Waals surface area (Å²) in [5, 5.41) is 0. The highest BCUT2D eigenvalue weighted by atomic mass is 32.2. The van der Waals surface area contributed by atoms with Crippen molar-refractivity contribution in [3.8, 4) is 0 Å². The van der Waals surface area contributed by atoms with E-state index in [1.807, 2.05) is 0 Å². The number of hydrogen-bond donors (Lipinski definition) is 2. The third-order valence-electron chi connectivity index (χ3n) is 1.67. The zero-order chi connectivity index (χ0) is 10.3. The second-order valence-corrected chi connectivity index (χ2v) is 4.08. The molecular weight excluding hydrogens is 208 g/mol. The second-order valence-electron chi connectivity index (χ2n) is 2.66. The van der Waals surface area contributed by atoms with Crippen molar-refractivity contribution in [2.45, 2.75) is 4.90 Å². The van der Waals surface area contributed by atoms with Crippen LogP contribution >= 0.6 is 0 Å². The van der Waals surface area contributed by atoms with Crippen LogP contribution in [0.25, 0.3) is 11.1 Å². The quantitative estimate of drug-likeness (QED) is 0.675. The molecule has 1 aromatic heterocycles. The first-order chi connectivity index (χ1) is 6.47. The van der Waals surface area contributed by atoms with Crippen molar-refractivity contribution >= 4 is 27.2 Å². The van der Waals surface area contributed by atoms with Gasteiger partial charge < -0.3 is 10.2 Å². The Morgan fingerprint density at radius 2 is 2.14 bits per heavy atom. The number of aromatic nitrogens is 1. The minimum atomic E-state index is -4.21. The number of nitrogen functional groups attached to an aromatic ring is 1. The van der Waals surface area contributed by atoms with Gasteiger partial charge in [-0.05, 0) is 18.2 Å². The van der Waals surface area contributed by atoms with Gasteiger partial charge in [-0.2, -0.15) is 13.4 Å². The number of anilines is 1. The lowest BCUT2D eigenvalue weighted by Gasteiger charge is -1.94. The largest absolute Gasteiger partial charge is 0.424 e. The molecule has 7 heteroatoms. The summed E-state index contributed by atoms with van der Waals surface area (Å²) in [6.45, 7) is 0. The molecule has 3 N–H and O–H groups in total. The van der Waals surface area contributed by atoms with Gasteiger partial charge in [-0.25, -0.2) is 0 Å². The van der Waals surface area contributed by atoms with Crippen LogP contribution < -0.4 is 5.73 Å². The first kappa shape index (κ1) is 8.97. The third kappa shape index (κ3) is 1.42. The van der Waals surface area contributed by atoms with E-state index in [0.29, 0.717) is 5.58 Å². The molecule has 0 unspecified atom stereocenters. The van der Waals surface area contributed by atoms with Crippen molar-refractivity contribution in [3.63, 3.8) is 0 Å². The van der Waals surface area contributed by atoms with Gasteiger partial charge in [-0.1, -0.05) is 0 Å². The number of benzene rings is 1. The normalized spacial score (nSPS) is 12.1. The lowest BCUT2D eigenvalue weighted by molar-refractivity contribution is 0.483. The maximum Gasteiger partial charge on any atom is 0.294 e. The highest BCUT2D eigenvalue weighted by Gasteiger charge is 2.12. The zero-order valence-corrected chi connectivity index (χ0v) is 7.65. The van der Waals surface area contributed by atoms with Crippen molar-refractivity contribution in [2.24, 2.45) is 0 Å². The summed E-state index contributed by atoms with van der Waals surface area (Å²) in [7, 11) is -4.21. The Hall–Kier alpha value is -1.60. The molecule has 6 nitrogen and oxygen atoms in total. The van der Waals surface area contributed by atoms with Crippen LogP contribution in [0.3, 0.4) is 0 Å². The molecule has 1 heterocycles. The summed E-state index contributed by atoms with van der Waals surface area (Å²) < 4.78 is 35.2. The van der Waals surface area contributed by atoms with Gasteiger partial charge in [-0.15, -0.1) is 0 Å². The molecule has 0 atom stereocenters. The molecule has 0 saturated carbocycles. The van der Waals surface area contributed by atoms with Crippen molar-refractivity contribution in [1.82, 2.24) is 4.98 Å². The van der Waals surface area contributed by atoms with E-state index in [-0.39, 0.29) is 16.4 Å². The lowest BCUT2D eigenvalue weighted by Crippen LogP contribution is -1.97. The molecule has 14 heavy (non-hydrogen) atoms. The van der Waals surface area contributed by atoms with Gasteiger partial charge in [0.05, 0.1) is 4.90 Å². The van der Waals surface area contributed by atoms with Crippen molar-refractivity contribution in [2.75, 3.05) is 5.73 Å². The summed E-state index contributed by atoms with van der Waals surface area (Å²) in [5.74, 6) is 0. The van der Waals surface area contributed by atoms with E-state index in [1.54, 1.807) is 0 Å². The minimum Gasteiger partial charge on any atom is -0.424 e. The van der Waals surface area contributed by atoms with Gasteiger partial charge >= 0.3 is 0 Å². The fourth-order valence-electron chi connectivity index (χ4n) is 1.09. The van der Waals surface area contributed by atoms with Crippen molar-refractivity contribution < 1.29 is 17.4 Å².